The lowest BCUT2D eigenvalue weighted by Gasteiger charge is -2.34. The van der Waals surface area contributed by atoms with Gasteiger partial charge in [0.1, 0.15) is 0 Å². The first kappa shape index (κ1) is 16.5. The average Bonchev–Trinajstić information content (AvgIpc) is 2.49. The smallest absolute Gasteiger partial charge is 0.0233 e. The summed E-state index contributed by atoms with van der Waals surface area (Å²) in [5, 5.41) is 0. The summed E-state index contributed by atoms with van der Waals surface area (Å²) >= 11 is 0. The molecular weight excluding hydrogens is 254 g/mol. The van der Waals surface area contributed by atoms with Crippen molar-refractivity contribution in [1.82, 2.24) is 4.90 Å². The highest BCUT2D eigenvalue weighted by Crippen LogP contribution is 2.28. The van der Waals surface area contributed by atoms with Gasteiger partial charge in [0.2, 0.25) is 0 Å². The van der Waals surface area contributed by atoms with Gasteiger partial charge < -0.3 is 0 Å². The Morgan fingerprint density at radius 1 is 1.14 bits per heavy atom. The third kappa shape index (κ3) is 4.32. The van der Waals surface area contributed by atoms with Gasteiger partial charge in [-0.3, -0.25) is 4.90 Å². The molecule has 2 rings (SSSR count). The van der Waals surface area contributed by atoms with Crippen LogP contribution >= 0.6 is 0 Å². The summed E-state index contributed by atoms with van der Waals surface area (Å²) in [4.78, 5) is 2.65. The molecule has 0 N–H and O–H groups in total. The summed E-state index contributed by atoms with van der Waals surface area (Å²) in [6.07, 6.45) is 4.11. The lowest BCUT2D eigenvalue weighted by Crippen LogP contribution is -2.35. The van der Waals surface area contributed by atoms with Crippen LogP contribution in [0.25, 0.3) is 0 Å². The Morgan fingerprint density at radius 2 is 1.81 bits per heavy atom. The van der Waals surface area contributed by atoms with Gasteiger partial charge in [0.15, 0.2) is 0 Å². The molecule has 1 aliphatic rings. The largest absolute Gasteiger partial charge is 0.299 e. The first-order valence-electron chi connectivity index (χ1n) is 8.83. The molecule has 0 aliphatic carbocycles. The molecular formula is C20H33N. The third-order valence-electron chi connectivity index (χ3n) is 5.45. The number of hydrogen-bond donors (Lipinski definition) is 0. The van der Waals surface area contributed by atoms with E-state index in [9.17, 15) is 0 Å². The van der Waals surface area contributed by atoms with E-state index in [1.165, 1.54) is 49.0 Å². The van der Waals surface area contributed by atoms with Gasteiger partial charge in [-0.1, -0.05) is 52.3 Å². The van der Waals surface area contributed by atoms with Crippen LogP contribution in [0.4, 0.5) is 0 Å². The van der Waals surface area contributed by atoms with Crippen molar-refractivity contribution in [1.29, 1.82) is 0 Å². The van der Waals surface area contributed by atoms with Gasteiger partial charge in [0, 0.05) is 6.54 Å². The van der Waals surface area contributed by atoms with E-state index in [4.69, 9.17) is 0 Å². The van der Waals surface area contributed by atoms with Crippen LogP contribution in [-0.2, 0) is 6.54 Å². The van der Waals surface area contributed by atoms with Crippen molar-refractivity contribution in [2.24, 2.45) is 11.8 Å². The molecule has 0 saturated carbocycles. The maximum Gasteiger partial charge on any atom is 0.0233 e. The predicted molar refractivity (Wildman–Crippen MR) is 92.7 cm³/mol. The van der Waals surface area contributed by atoms with Gasteiger partial charge in [0.25, 0.3) is 0 Å². The highest BCUT2D eigenvalue weighted by atomic mass is 15.1. The SMILES string of the molecule is CCC(C)C1CCN(Cc2ccc(C)c(C(C)C)c2)CC1. The van der Waals surface area contributed by atoms with Crippen LogP contribution < -0.4 is 0 Å². The number of piperidine rings is 1. The fourth-order valence-corrected chi connectivity index (χ4v) is 3.68. The second kappa shape index (κ2) is 7.45. The summed E-state index contributed by atoms with van der Waals surface area (Å²) in [5.74, 6) is 2.48. The second-order valence-corrected chi connectivity index (χ2v) is 7.34. The monoisotopic (exact) mass is 287 g/mol. The Balaban J connectivity index is 1.93. The number of benzene rings is 1. The van der Waals surface area contributed by atoms with E-state index in [0.29, 0.717) is 5.92 Å². The summed E-state index contributed by atoms with van der Waals surface area (Å²) in [6, 6.07) is 7.05. The topological polar surface area (TPSA) is 3.24 Å². The van der Waals surface area contributed by atoms with Crippen LogP contribution in [0.15, 0.2) is 18.2 Å². The lowest BCUT2D eigenvalue weighted by atomic mass is 9.84. The molecule has 1 heterocycles. The van der Waals surface area contributed by atoms with Crippen molar-refractivity contribution in [2.45, 2.75) is 66.3 Å². The van der Waals surface area contributed by atoms with E-state index in [-0.39, 0.29) is 0 Å². The molecule has 1 heteroatoms. The van der Waals surface area contributed by atoms with Crippen LogP contribution in [0.5, 0.6) is 0 Å². The summed E-state index contributed by atoms with van der Waals surface area (Å²) in [7, 11) is 0. The quantitative estimate of drug-likeness (QED) is 0.703. The molecule has 1 nitrogen and oxygen atoms in total. The van der Waals surface area contributed by atoms with Crippen molar-refractivity contribution in [3.63, 3.8) is 0 Å². The maximum atomic E-state index is 2.65. The average molecular weight is 287 g/mol. The third-order valence-corrected chi connectivity index (χ3v) is 5.45. The number of rotatable bonds is 5. The molecule has 1 fully saturated rings. The Morgan fingerprint density at radius 3 is 2.38 bits per heavy atom. The van der Waals surface area contributed by atoms with Crippen LogP contribution in [-0.4, -0.2) is 18.0 Å². The van der Waals surface area contributed by atoms with Gasteiger partial charge in [0.05, 0.1) is 0 Å². The van der Waals surface area contributed by atoms with Gasteiger partial charge in [-0.15, -0.1) is 0 Å². The number of likely N-dealkylation sites (tertiary alicyclic amines) is 1. The maximum absolute atomic E-state index is 2.65. The molecule has 1 atom stereocenters. The highest BCUT2D eigenvalue weighted by Gasteiger charge is 2.22. The Labute approximate surface area is 131 Å². The first-order valence-corrected chi connectivity index (χ1v) is 8.83. The van der Waals surface area contributed by atoms with Crippen LogP contribution in [0, 0.1) is 18.8 Å². The molecule has 0 bridgehead atoms. The van der Waals surface area contributed by atoms with Crippen LogP contribution in [0.2, 0.25) is 0 Å². The summed E-state index contributed by atoms with van der Waals surface area (Å²) in [5.41, 5.74) is 4.44. The number of nitrogens with zero attached hydrogens (tertiary/aromatic N) is 1. The van der Waals surface area contributed by atoms with Crippen LogP contribution in [0.3, 0.4) is 0 Å². The van der Waals surface area contributed by atoms with Crippen molar-refractivity contribution in [3.8, 4) is 0 Å². The Kier molecular flexibility index (Phi) is 5.87. The molecule has 1 saturated heterocycles. The molecule has 0 radical (unpaired) electrons. The minimum absolute atomic E-state index is 0.626. The van der Waals surface area contributed by atoms with E-state index in [1.807, 2.05) is 0 Å². The second-order valence-electron chi connectivity index (χ2n) is 7.34. The minimum Gasteiger partial charge on any atom is -0.299 e. The zero-order valence-electron chi connectivity index (χ0n) is 14.7. The van der Waals surface area contributed by atoms with E-state index in [2.05, 4.69) is 57.7 Å². The van der Waals surface area contributed by atoms with Gasteiger partial charge in [-0.2, -0.15) is 0 Å². The predicted octanol–water partition coefficient (Wildman–Crippen LogP) is 5.38. The van der Waals surface area contributed by atoms with Gasteiger partial charge in [-0.05, 0) is 67.3 Å². The van der Waals surface area contributed by atoms with Gasteiger partial charge >= 0.3 is 0 Å². The molecule has 118 valence electrons. The van der Waals surface area contributed by atoms with E-state index in [1.54, 1.807) is 0 Å². The zero-order chi connectivity index (χ0) is 15.4. The molecule has 0 aromatic heterocycles. The highest BCUT2D eigenvalue weighted by molar-refractivity contribution is 5.33. The van der Waals surface area contributed by atoms with E-state index < -0.39 is 0 Å². The fourth-order valence-electron chi connectivity index (χ4n) is 3.68. The molecule has 1 aliphatic heterocycles. The normalized spacial score (nSPS) is 19.1. The van der Waals surface area contributed by atoms with Crippen molar-refractivity contribution >= 4 is 0 Å². The standard InChI is InChI=1S/C20H33N/c1-6-16(4)19-9-11-21(12-10-19)14-18-8-7-17(5)20(13-18)15(2)3/h7-8,13,15-16,19H,6,9-12,14H2,1-5H3. The number of aryl methyl sites for hydroxylation is 1. The van der Waals surface area contributed by atoms with E-state index >= 15 is 0 Å². The Hall–Kier alpha value is -0.820. The lowest BCUT2D eigenvalue weighted by molar-refractivity contribution is 0.145. The van der Waals surface area contributed by atoms with Crippen molar-refractivity contribution < 1.29 is 0 Å². The molecule has 0 spiro atoms. The first-order chi connectivity index (χ1) is 10.0. The molecule has 21 heavy (non-hydrogen) atoms. The fraction of sp³-hybridized carbons (Fsp3) is 0.700. The molecule has 1 aromatic rings. The van der Waals surface area contributed by atoms with Crippen molar-refractivity contribution in [3.05, 3.63) is 34.9 Å². The van der Waals surface area contributed by atoms with Gasteiger partial charge in [-0.25, -0.2) is 0 Å². The molecule has 0 amide bonds. The van der Waals surface area contributed by atoms with E-state index in [0.717, 1.165) is 18.4 Å². The Bertz CT molecular complexity index is 441. The summed E-state index contributed by atoms with van der Waals surface area (Å²) < 4.78 is 0. The van der Waals surface area contributed by atoms with Crippen molar-refractivity contribution in [2.75, 3.05) is 13.1 Å². The zero-order valence-corrected chi connectivity index (χ0v) is 14.7. The molecule has 1 aromatic carbocycles. The number of hydrogen-bond acceptors (Lipinski definition) is 1. The minimum atomic E-state index is 0.626. The van der Waals surface area contributed by atoms with Crippen LogP contribution in [0.1, 0.15) is 69.6 Å². The summed E-state index contributed by atoms with van der Waals surface area (Å²) in [6.45, 7) is 15.3. The molecule has 1 unspecified atom stereocenters.